The Morgan fingerprint density at radius 2 is 1.69 bits per heavy atom. The molecule has 0 saturated heterocycles. The second-order valence-corrected chi connectivity index (χ2v) is 6.38. The molecule has 3 aromatic rings. The van der Waals surface area contributed by atoms with E-state index in [4.69, 9.17) is 14.2 Å². The van der Waals surface area contributed by atoms with Crippen molar-refractivity contribution in [3.63, 3.8) is 0 Å². The maximum atomic E-state index is 12.4. The number of carbonyl (C=O) groups is 1. The molecule has 0 spiro atoms. The number of ether oxygens (including phenoxy) is 3. The minimum atomic E-state index is -0.146. The molecule has 6 heteroatoms. The van der Waals surface area contributed by atoms with E-state index in [9.17, 15) is 4.79 Å². The van der Waals surface area contributed by atoms with Gasteiger partial charge in [-0.3, -0.25) is 4.79 Å². The van der Waals surface area contributed by atoms with Crippen molar-refractivity contribution < 1.29 is 19.0 Å². The van der Waals surface area contributed by atoms with Crippen LogP contribution >= 0.6 is 11.3 Å². The van der Waals surface area contributed by atoms with Gasteiger partial charge in [0.15, 0.2) is 0 Å². The van der Waals surface area contributed by atoms with Crippen molar-refractivity contribution in [3.8, 4) is 17.2 Å². The molecule has 3 rings (SSSR count). The van der Waals surface area contributed by atoms with Crippen molar-refractivity contribution >= 4 is 22.9 Å². The Labute approximate surface area is 156 Å². The standard InChI is InChI=1S/C20H19NO4S/c1-23-16-8-6-15(7-9-16)21-20(22)19-10-14(13-26-19)12-25-18-5-3-4-17(11-18)24-2/h3-11,13H,12H2,1-2H3,(H,21,22). The summed E-state index contributed by atoms with van der Waals surface area (Å²) in [5, 5.41) is 4.79. The predicted molar refractivity (Wildman–Crippen MR) is 103 cm³/mol. The van der Waals surface area contributed by atoms with Gasteiger partial charge in [-0.1, -0.05) is 6.07 Å². The van der Waals surface area contributed by atoms with E-state index in [-0.39, 0.29) is 5.91 Å². The van der Waals surface area contributed by atoms with Crippen LogP contribution in [0.3, 0.4) is 0 Å². The summed E-state index contributed by atoms with van der Waals surface area (Å²) in [6.45, 7) is 0.388. The molecule has 0 unspecified atom stereocenters. The molecule has 2 aromatic carbocycles. The van der Waals surface area contributed by atoms with E-state index in [0.29, 0.717) is 11.5 Å². The first-order valence-electron chi connectivity index (χ1n) is 7.97. The number of amides is 1. The zero-order valence-corrected chi connectivity index (χ0v) is 15.3. The average molecular weight is 369 g/mol. The molecule has 134 valence electrons. The van der Waals surface area contributed by atoms with Gasteiger partial charge in [0.1, 0.15) is 23.9 Å². The summed E-state index contributed by atoms with van der Waals surface area (Å²) in [4.78, 5) is 13.0. The lowest BCUT2D eigenvalue weighted by Crippen LogP contribution is -2.10. The highest BCUT2D eigenvalue weighted by molar-refractivity contribution is 7.12. The van der Waals surface area contributed by atoms with Gasteiger partial charge in [0.2, 0.25) is 0 Å². The predicted octanol–water partition coefficient (Wildman–Crippen LogP) is 4.60. The third-order valence-electron chi connectivity index (χ3n) is 3.67. The maximum absolute atomic E-state index is 12.4. The molecule has 1 amide bonds. The molecule has 0 aliphatic rings. The highest BCUT2D eigenvalue weighted by atomic mass is 32.1. The summed E-state index contributed by atoms with van der Waals surface area (Å²) in [5.74, 6) is 2.07. The molecular weight excluding hydrogens is 350 g/mol. The molecule has 0 aliphatic carbocycles. The Balaban J connectivity index is 1.58. The minimum Gasteiger partial charge on any atom is -0.497 e. The van der Waals surface area contributed by atoms with Crippen LogP contribution in [0.4, 0.5) is 5.69 Å². The fourth-order valence-electron chi connectivity index (χ4n) is 2.30. The van der Waals surface area contributed by atoms with Gasteiger partial charge in [-0.05, 0) is 47.8 Å². The first kappa shape index (κ1) is 17.8. The number of methoxy groups -OCH3 is 2. The van der Waals surface area contributed by atoms with Crippen molar-refractivity contribution in [3.05, 3.63) is 70.4 Å². The number of benzene rings is 2. The quantitative estimate of drug-likeness (QED) is 0.661. The molecule has 0 atom stereocenters. The number of rotatable bonds is 7. The second-order valence-electron chi connectivity index (χ2n) is 5.47. The maximum Gasteiger partial charge on any atom is 0.265 e. The summed E-state index contributed by atoms with van der Waals surface area (Å²) < 4.78 is 16.0. The number of anilines is 1. The molecular formula is C20H19NO4S. The van der Waals surface area contributed by atoms with Crippen molar-refractivity contribution in [2.75, 3.05) is 19.5 Å². The molecule has 0 fully saturated rings. The molecule has 1 aromatic heterocycles. The fourth-order valence-corrected chi connectivity index (χ4v) is 3.09. The lowest BCUT2D eigenvalue weighted by atomic mass is 10.3. The van der Waals surface area contributed by atoms with Gasteiger partial charge in [-0.2, -0.15) is 0 Å². The van der Waals surface area contributed by atoms with E-state index in [1.165, 1.54) is 11.3 Å². The van der Waals surface area contributed by atoms with E-state index in [1.807, 2.05) is 35.7 Å². The van der Waals surface area contributed by atoms with Gasteiger partial charge in [-0.15, -0.1) is 11.3 Å². The highest BCUT2D eigenvalue weighted by Crippen LogP contribution is 2.22. The lowest BCUT2D eigenvalue weighted by Gasteiger charge is -2.06. The second kappa shape index (κ2) is 8.40. The van der Waals surface area contributed by atoms with Crippen LogP contribution in [0.25, 0.3) is 0 Å². The van der Waals surface area contributed by atoms with Gasteiger partial charge in [-0.25, -0.2) is 0 Å². The van der Waals surface area contributed by atoms with E-state index in [1.54, 1.807) is 38.5 Å². The zero-order valence-electron chi connectivity index (χ0n) is 14.5. The molecule has 0 saturated carbocycles. The third-order valence-corrected chi connectivity index (χ3v) is 4.65. The normalized spacial score (nSPS) is 10.2. The first-order chi connectivity index (χ1) is 12.7. The van der Waals surface area contributed by atoms with Gasteiger partial charge in [0.05, 0.1) is 19.1 Å². The van der Waals surface area contributed by atoms with Crippen molar-refractivity contribution in [2.24, 2.45) is 0 Å². The van der Waals surface area contributed by atoms with Crippen LogP contribution in [0.2, 0.25) is 0 Å². The largest absolute Gasteiger partial charge is 0.497 e. The smallest absolute Gasteiger partial charge is 0.265 e. The van der Waals surface area contributed by atoms with Crippen molar-refractivity contribution in [2.45, 2.75) is 6.61 Å². The number of hydrogen-bond donors (Lipinski definition) is 1. The number of thiophene rings is 1. The SMILES string of the molecule is COc1ccc(NC(=O)c2cc(COc3cccc(OC)c3)cs2)cc1. The van der Waals surface area contributed by atoms with Crippen LogP contribution in [0.5, 0.6) is 17.2 Å². The molecule has 0 bridgehead atoms. The Morgan fingerprint density at radius 3 is 2.42 bits per heavy atom. The van der Waals surface area contributed by atoms with Gasteiger partial charge in [0.25, 0.3) is 5.91 Å². The molecule has 0 radical (unpaired) electrons. The molecule has 5 nitrogen and oxygen atoms in total. The first-order valence-corrected chi connectivity index (χ1v) is 8.85. The molecule has 0 aliphatic heterocycles. The number of hydrogen-bond acceptors (Lipinski definition) is 5. The highest BCUT2D eigenvalue weighted by Gasteiger charge is 2.10. The Kier molecular flexibility index (Phi) is 5.76. The number of nitrogens with one attached hydrogen (secondary N) is 1. The Hall–Kier alpha value is -2.99. The topological polar surface area (TPSA) is 56.8 Å². The van der Waals surface area contributed by atoms with Crippen molar-refractivity contribution in [1.82, 2.24) is 0 Å². The zero-order chi connectivity index (χ0) is 18.4. The Morgan fingerprint density at radius 1 is 0.962 bits per heavy atom. The van der Waals surface area contributed by atoms with Crippen molar-refractivity contribution in [1.29, 1.82) is 0 Å². The summed E-state index contributed by atoms with van der Waals surface area (Å²) in [7, 11) is 3.22. The Bertz CT molecular complexity index is 874. The van der Waals surface area contributed by atoms with Crippen LogP contribution in [0.15, 0.2) is 60.0 Å². The lowest BCUT2D eigenvalue weighted by molar-refractivity contribution is 0.103. The van der Waals surface area contributed by atoms with E-state index < -0.39 is 0 Å². The third kappa shape index (κ3) is 4.55. The van der Waals surface area contributed by atoms with Crippen LogP contribution in [0.1, 0.15) is 15.2 Å². The van der Waals surface area contributed by atoms with Gasteiger partial charge in [0, 0.05) is 17.3 Å². The van der Waals surface area contributed by atoms with Gasteiger partial charge < -0.3 is 19.5 Å². The summed E-state index contributed by atoms with van der Waals surface area (Å²) in [6, 6.07) is 16.5. The molecule has 1 heterocycles. The average Bonchev–Trinajstić information content (AvgIpc) is 3.16. The number of carbonyl (C=O) groups excluding carboxylic acids is 1. The summed E-state index contributed by atoms with van der Waals surface area (Å²) >= 11 is 1.39. The minimum absolute atomic E-state index is 0.146. The van der Waals surface area contributed by atoms with E-state index >= 15 is 0 Å². The monoisotopic (exact) mass is 369 g/mol. The van der Waals surface area contributed by atoms with Crippen LogP contribution in [-0.4, -0.2) is 20.1 Å². The summed E-state index contributed by atoms with van der Waals surface area (Å²) in [5.41, 5.74) is 1.66. The van der Waals surface area contributed by atoms with E-state index in [0.717, 1.165) is 28.5 Å². The fraction of sp³-hybridized carbons (Fsp3) is 0.150. The van der Waals surface area contributed by atoms with Gasteiger partial charge >= 0.3 is 0 Å². The summed E-state index contributed by atoms with van der Waals surface area (Å²) in [6.07, 6.45) is 0. The van der Waals surface area contributed by atoms with E-state index in [2.05, 4.69) is 5.32 Å². The van der Waals surface area contributed by atoms with Crippen LogP contribution < -0.4 is 19.5 Å². The molecule has 26 heavy (non-hydrogen) atoms. The van der Waals surface area contributed by atoms with Crippen LogP contribution in [-0.2, 0) is 6.61 Å². The van der Waals surface area contributed by atoms with Crippen LogP contribution in [0, 0.1) is 0 Å². The molecule has 1 N–H and O–H groups in total.